The van der Waals surface area contributed by atoms with Gasteiger partial charge in [0.1, 0.15) is 17.1 Å². The van der Waals surface area contributed by atoms with Crippen LogP contribution in [-0.2, 0) is 12.8 Å². The van der Waals surface area contributed by atoms with Crippen LogP contribution in [0.4, 0.5) is 10.2 Å². The molecule has 1 aliphatic heterocycles. The average Bonchev–Trinajstić information content (AvgIpc) is 3.21. The summed E-state index contributed by atoms with van der Waals surface area (Å²) in [6.07, 6.45) is 4.58. The lowest BCUT2D eigenvalue weighted by molar-refractivity contribution is 0.470. The Balaban J connectivity index is 1.64. The van der Waals surface area contributed by atoms with Gasteiger partial charge >= 0.3 is 0 Å². The number of aromatic nitrogens is 2. The first-order valence-electron chi connectivity index (χ1n) is 8.33. The van der Waals surface area contributed by atoms with E-state index in [-0.39, 0.29) is 5.82 Å². The van der Waals surface area contributed by atoms with E-state index >= 15 is 0 Å². The highest BCUT2D eigenvalue weighted by atomic mass is 19.1. The first-order valence-corrected chi connectivity index (χ1v) is 8.33. The van der Waals surface area contributed by atoms with Gasteiger partial charge in [0, 0.05) is 24.2 Å². The lowest BCUT2D eigenvalue weighted by Gasteiger charge is -2.29. The van der Waals surface area contributed by atoms with Crippen LogP contribution in [-0.4, -0.2) is 29.3 Å². The molecule has 1 aromatic carbocycles. The second-order valence-corrected chi connectivity index (χ2v) is 6.47. The molecule has 0 spiro atoms. The molecule has 122 valence electrons. The van der Waals surface area contributed by atoms with E-state index in [1.807, 2.05) is 0 Å². The third-order valence-corrected chi connectivity index (χ3v) is 4.98. The van der Waals surface area contributed by atoms with Gasteiger partial charge in [-0.2, -0.15) is 0 Å². The molecule has 0 bridgehead atoms. The fourth-order valence-corrected chi connectivity index (χ4v) is 3.62. The fourth-order valence-electron chi connectivity index (χ4n) is 3.62. The third-order valence-electron chi connectivity index (χ3n) is 4.98. The molecule has 0 atom stereocenters. The molecule has 0 unspecified atom stereocenters. The summed E-state index contributed by atoms with van der Waals surface area (Å²) in [4.78, 5) is 0. The number of fused-ring (bicyclic) bond motifs is 2. The predicted octanol–water partition coefficient (Wildman–Crippen LogP) is 2.90. The minimum atomic E-state index is -0.275. The van der Waals surface area contributed by atoms with Crippen molar-refractivity contribution in [2.75, 3.05) is 18.4 Å². The predicted molar refractivity (Wildman–Crippen MR) is 89.5 cm³/mol. The van der Waals surface area contributed by atoms with Gasteiger partial charge in [0.15, 0.2) is 5.82 Å². The number of benzene rings is 1. The normalized spacial score (nSPS) is 17.0. The number of nitrogens with zero attached hydrogens (tertiary/aromatic N) is 2. The van der Waals surface area contributed by atoms with Gasteiger partial charge in [-0.25, -0.2) is 4.39 Å². The molecule has 2 aromatic heterocycles. The van der Waals surface area contributed by atoms with Gasteiger partial charge in [-0.1, -0.05) is 0 Å². The van der Waals surface area contributed by atoms with Crippen LogP contribution in [0, 0.1) is 5.82 Å². The van der Waals surface area contributed by atoms with Crippen molar-refractivity contribution in [1.29, 1.82) is 0 Å². The summed E-state index contributed by atoms with van der Waals surface area (Å²) in [5.74, 6) is 0.624. The van der Waals surface area contributed by atoms with E-state index in [1.54, 1.807) is 12.1 Å². The van der Waals surface area contributed by atoms with Crippen LogP contribution in [0.15, 0.2) is 28.9 Å². The van der Waals surface area contributed by atoms with Crippen LogP contribution in [0.1, 0.15) is 17.5 Å². The summed E-state index contributed by atoms with van der Waals surface area (Å²) in [5, 5.41) is 16.1. The molecule has 3 aromatic rings. The Hall–Kier alpha value is -2.47. The Morgan fingerprint density at radius 3 is 2.83 bits per heavy atom. The average molecular weight is 324 g/mol. The molecule has 0 radical (unpaired) electrons. The maximum atomic E-state index is 13.9. The van der Waals surface area contributed by atoms with Crippen LogP contribution in [0.5, 0.6) is 0 Å². The minimum Gasteiger partial charge on any atom is -0.464 e. The smallest absolute Gasteiger partial charge is 0.152 e. The molecule has 2 aliphatic rings. The molecule has 2 N–H and O–H groups in total. The lowest BCUT2D eigenvalue weighted by Crippen LogP contribution is -2.51. The van der Waals surface area contributed by atoms with E-state index in [0.29, 0.717) is 17.0 Å². The van der Waals surface area contributed by atoms with Crippen molar-refractivity contribution < 1.29 is 8.81 Å². The quantitative estimate of drug-likeness (QED) is 0.776. The Bertz CT molecular complexity index is 932. The topological polar surface area (TPSA) is 63.0 Å². The van der Waals surface area contributed by atoms with Crippen LogP contribution in [0.2, 0.25) is 0 Å². The van der Waals surface area contributed by atoms with Crippen molar-refractivity contribution in [2.24, 2.45) is 0 Å². The Labute approximate surface area is 138 Å². The molecule has 5 nitrogen and oxygen atoms in total. The van der Waals surface area contributed by atoms with E-state index < -0.39 is 0 Å². The summed E-state index contributed by atoms with van der Waals surface area (Å²) in [7, 11) is 0. The highest BCUT2D eigenvalue weighted by molar-refractivity contribution is 5.93. The van der Waals surface area contributed by atoms with Gasteiger partial charge in [0.25, 0.3) is 0 Å². The van der Waals surface area contributed by atoms with E-state index in [1.165, 1.54) is 23.5 Å². The molecule has 5 rings (SSSR count). The molecule has 1 fully saturated rings. The van der Waals surface area contributed by atoms with E-state index in [9.17, 15) is 4.39 Å². The Morgan fingerprint density at radius 2 is 2.00 bits per heavy atom. The second-order valence-electron chi connectivity index (χ2n) is 6.47. The number of hydrogen-bond donors (Lipinski definition) is 2. The Morgan fingerprint density at radius 1 is 1.12 bits per heavy atom. The van der Waals surface area contributed by atoms with Crippen molar-refractivity contribution in [2.45, 2.75) is 25.3 Å². The summed E-state index contributed by atoms with van der Waals surface area (Å²) >= 11 is 0. The molecule has 1 saturated heterocycles. The van der Waals surface area contributed by atoms with Crippen LogP contribution < -0.4 is 10.6 Å². The number of halogens is 1. The zero-order valence-corrected chi connectivity index (χ0v) is 13.1. The molecule has 0 saturated carbocycles. The SMILES string of the molecule is Fc1ccc(-c2nnc(NC3CNC3)c3c2CCC3)c2occc12. The van der Waals surface area contributed by atoms with Crippen molar-refractivity contribution in [3.05, 3.63) is 41.4 Å². The van der Waals surface area contributed by atoms with Crippen LogP contribution in [0.25, 0.3) is 22.2 Å². The number of hydrogen-bond acceptors (Lipinski definition) is 5. The van der Waals surface area contributed by atoms with Crippen LogP contribution >= 0.6 is 0 Å². The molecule has 24 heavy (non-hydrogen) atoms. The highest BCUT2D eigenvalue weighted by Crippen LogP contribution is 2.37. The van der Waals surface area contributed by atoms with Gasteiger partial charge in [0.05, 0.1) is 17.7 Å². The van der Waals surface area contributed by atoms with E-state index in [2.05, 4.69) is 20.8 Å². The largest absolute Gasteiger partial charge is 0.464 e. The van der Waals surface area contributed by atoms with E-state index in [4.69, 9.17) is 4.42 Å². The summed E-state index contributed by atoms with van der Waals surface area (Å²) < 4.78 is 19.5. The third kappa shape index (κ3) is 2.03. The number of rotatable bonds is 3. The molecular weight excluding hydrogens is 307 g/mol. The first kappa shape index (κ1) is 13.9. The van der Waals surface area contributed by atoms with Crippen molar-refractivity contribution in [3.63, 3.8) is 0 Å². The second kappa shape index (κ2) is 5.27. The van der Waals surface area contributed by atoms with Crippen molar-refractivity contribution in [3.8, 4) is 11.3 Å². The minimum absolute atomic E-state index is 0.275. The van der Waals surface area contributed by atoms with Gasteiger partial charge in [-0.05, 0) is 43.0 Å². The number of anilines is 1. The van der Waals surface area contributed by atoms with E-state index in [0.717, 1.165) is 49.4 Å². The van der Waals surface area contributed by atoms with Crippen molar-refractivity contribution >= 4 is 16.8 Å². The van der Waals surface area contributed by atoms with Gasteiger partial charge < -0.3 is 15.1 Å². The molecule has 6 heteroatoms. The summed E-state index contributed by atoms with van der Waals surface area (Å²) in [5.41, 5.74) is 4.64. The molecule has 3 heterocycles. The Kier molecular flexibility index (Phi) is 3.06. The summed E-state index contributed by atoms with van der Waals surface area (Å²) in [6, 6.07) is 5.30. The maximum absolute atomic E-state index is 13.9. The van der Waals surface area contributed by atoms with Gasteiger partial charge in [0.2, 0.25) is 0 Å². The number of furan rings is 1. The highest BCUT2D eigenvalue weighted by Gasteiger charge is 2.26. The molecule has 0 amide bonds. The standard InChI is InChI=1S/C18H17FN4O/c19-15-5-4-14(17-13(15)6-7-24-17)16-11-2-1-3-12(11)18(23-22-16)21-10-8-20-9-10/h4-7,10,20H,1-3,8-9H2,(H,21,23). The first-order chi connectivity index (χ1) is 11.8. The molecular formula is C18H17FN4O. The van der Waals surface area contributed by atoms with Crippen LogP contribution in [0.3, 0.4) is 0 Å². The summed E-state index contributed by atoms with van der Waals surface area (Å²) in [6.45, 7) is 1.92. The lowest BCUT2D eigenvalue weighted by atomic mass is 10.0. The zero-order chi connectivity index (χ0) is 16.1. The number of nitrogens with one attached hydrogen (secondary N) is 2. The fraction of sp³-hybridized carbons (Fsp3) is 0.333. The monoisotopic (exact) mass is 324 g/mol. The maximum Gasteiger partial charge on any atom is 0.152 e. The molecule has 1 aliphatic carbocycles. The van der Waals surface area contributed by atoms with Gasteiger partial charge in [-0.15, -0.1) is 10.2 Å². The van der Waals surface area contributed by atoms with Crippen molar-refractivity contribution in [1.82, 2.24) is 15.5 Å². The zero-order valence-electron chi connectivity index (χ0n) is 13.1. The van der Waals surface area contributed by atoms with Gasteiger partial charge in [-0.3, -0.25) is 0 Å².